The van der Waals surface area contributed by atoms with Crippen LogP contribution < -0.4 is 4.31 Å². The average molecular weight is 487 g/mol. The average Bonchev–Trinajstić information content (AvgIpc) is 2.96. The van der Waals surface area contributed by atoms with Gasteiger partial charge in [-0.25, -0.2) is 13.4 Å². The fourth-order valence-electron chi connectivity index (χ4n) is 2.80. The zero-order valence-electron chi connectivity index (χ0n) is 16.8. The van der Waals surface area contributed by atoms with Gasteiger partial charge in [-0.1, -0.05) is 23.2 Å². The van der Waals surface area contributed by atoms with Gasteiger partial charge in [0.2, 0.25) is 0 Å². The van der Waals surface area contributed by atoms with E-state index in [1.807, 2.05) is 6.92 Å². The molecular formula is C20H20Cl2N2O4S2. The van der Waals surface area contributed by atoms with E-state index in [-0.39, 0.29) is 20.6 Å². The zero-order chi connectivity index (χ0) is 22.3. The Balaban J connectivity index is 2.11. The lowest BCUT2D eigenvalue weighted by Crippen LogP contribution is -2.39. The largest absolute Gasteiger partial charge is 0.459 e. The summed E-state index contributed by atoms with van der Waals surface area (Å²) in [4.78, 5) is 16.8. The first kappa shape index (κ1) is 22.8. The van der Waals surface area contributed by atoms with Gasteiger partial charge in [0.25, 0.3) is 10.0 Å². The lowest BCUT2D eigenvalue weighted by Gasteiger charge is -2.26. The van der Waals surface area contributed by atoms with Crippen LogP contribution in [0.15, 0.2) is 41.3 Å². The van der Waals surface area contributed by atoms with E-state index in [1.54, 1.807) is 39.0 Å². The molecule has 10 heteroatoms. The van der Waals surface area contributed by atoms with Crippen molar-refractivity contribution in [1.29, 1.82) is 0 Å². The van der Waals surface area contributed by atoms with Gasteiger partial charge in [0.1, 0.15) is 12.1 Å². The molecule has 0 aliphatic rings. The monoisotopic (exact) mass is 486 g/mol. The van der Waals surface area contributed by atoms with Crippen LogP contribution in [0.5, 0.6) is 0 Å². The highest BCUT2D eigenvalue weighted by atomic mass is 35.5. The molecule has 0 fully saturated rings. The summed E-state index contributed by atoms with van der Waals surface area (Å²) in [6.45, 7) is 6.49. The number of carbonyl (C=O) groups is 1. The molecule has 6 nitrogen and oxygen atoms in total. The molecule has 3 rings (SSSR count). The molecule has 0 aliphatic heterocycles. The Kier molecular flexibility index (Phi) is 6.34. The van der Waals surface area contributed by atoms with Gasteiger partial charge in [-0.3, -0.25) is 9.10 Å². The maximum atomic E-state index is 13.5. The molecule has 0 unspecified atom stereocenters. The number of esters is 1. The third-order valence-electron chi connectivity index (χ3n) is 3.88. The number of sulfonamides is 1. The van der Waals surface area contributed by atoms with Crippen molar-refractivity contribution in [1.82, 2.24) is 4.98 Å². The number of hydrogen-bond donors (Lipinski definition) is 0. The molecule has 1 aromatic heterocycles. The molecule has 2 aromatic carbocycles. The minimum atomic E-state index is -4.17. The number of carbonyl (C=O) groups excluding carboxylic acids is 1. The topological polar surface area (TPSA) is 76.6 Å². The number of anilines is 1. The van der Waals surface area contributed by atoms with Crippen LogP contribution in [0.2, 0.25) is 10.0 Å². The van der Waals surface area contributed by atoms with Crippen molar-refractivity contribution >= 4 is 66.4 Å². The normalized spacial score (nSPS) is 12.2. The Morgan fingerprint density at radius 2 is 1.77 bits per heavy atom. The van der Waals surface area contributed by atoms with Gasteiger partial charge < -0.3 is 4.74 Å². The number of hydrogen-bond acceptors (Lipinski definition) is 6. The molecule has 0 saturated carbocycles. The fraction of sp³-hybridized carbons (Fsp3) is 0.300. The Hall–Kier alpha value is -1.87. The van der Waals surface area contributed by atoms with Gasteiger partial charge in [0.05, 0.1) is 25.8 Å². The van der Waals surface area contributed by atoms with E-state index < -0.39 is 28.1 Å². The number of ether oxygens (including phenoxy) is 1. The molecule has 160 valence electrons. The molecule has 0 aliphatic carbocycles. The van der Waals surface area contributed by atoms with Crippen molar-refractivity contribution < 1.29 is 17.9 Å². The van der Waals surface area contributed by atoms with Gasteiger partial charge in [-0.15, -0.1) is 11.3 Å². The smallest absolute Gasteiger partial charge is 0.327 e. The van der Waals surface area contributed by atoms with Gasteiger partial charge in [-0.2, -0.15) is 0 Å². The second-order valence-corrected chi connectivity index (χ2v) is 11.6. The molecule has 30 heavy (non-hydrogen) atoms. The fourth-order valence-corrected chi connectivity index (χ4v) is 5.73. The van der Waals surface area contributed by atoms with Gasteiger partial charge >= 0.3 is 5.97 Å². The molecule has 1 heterocycles. The first-order valence-electron chi connectivity index (χ1n) is 8.93. The van der Waals surface area contributed by atoms with Crippen LogP contribution in [0.4, 0.5) is 5.69 Å². The highest BCUT2D eigenvalue weighted by Crippen LogP contribution is 2.31. The summed E-state index contributed by atoms with van der Waals surface area (Å²) < 4.78 is 34.2. The van der Waals surface area contributed by atoms with Crippen LogP contribution in [0.1, 0.15) is 25.8 Å². The SMILES string of the molecule is Cc1nc2cc(N(CC(=O)OC(C)(C)C)S(=O)(=O)c3cc(Cl)cc(Cl)c3)ccc2s1. The maximum Gasteiger partial charge on any atom is 0.327 e. The predicted octanol–water partition coefficient (Wildman–Crippen LogP) is 5.45. The number of aromatic nitrogens is 1. The number of thiazole rings is 1. The molecule has 0 atom stereocenters. The lowest BCUT2D eigenvalue weighted by molar-refractivity contribution is -0.152. The van der Waals surface area contributed by atoms with Crippen LogP contribution in [0.25, 0.3) is 10.2 Å². The molecular weight excluding hydrogens is 467 g/mol. The van der Waals surface area contributed by atoms with Crippen molar-refractivity contribution in [2.75, 3.05) is 10.8 Å². The highest BCUT2D eigenvalue weighted by Gasteiger charge is 2.30. The molecule has 0 bridgehead atoms. The summed E-state index contributed by atoms with van der Waals surface area (Å²) in [5.74, 6) is -0.686. The van der Waals surface area contributed by atoms with Crippen molar-refractivity contribution in [3.63, 3.8) is 0 Å². The maximum absolute atomic E-state index is 13.5. The first-order chi connectivity index (χ1) is 13.8. The molecule has 0 radical (unpaired) electrons. The van der Waals surface area contributed by atoms with Crippen molar-refractivity contribution in [3.05, 3.63) is 51.5 Å². The van der Waals surface area contributed by atoms with E-state index >= 15 is 0 Å². The van der Waals surface area contributed by atoms with Crippen LogP contribution in [0.3, 0.4) is 0 Å². The zero-order valence-corrected chi connectivity index (χ0v) is 19.9. The van der Waals surface area contributed by atoms with Crippen LogP contribution in [-0.2, 0) is 19.6 Å². The summed E-state index contributed by atoms with van der Waals surface area (Å²) in [5.41, 5.74) is 0.167. The van der Waals surface area contributed by atoms with Crippen LogP contribution in [-0.4, -0.2) is 31.5 Å². The Morgan fingerprint density at radius 1 is 1.13 bits per heavy atom. The third kappa shape index (κ3) is 5.24. The van der Waals surface area contributed by atoms with Crippen molar-refractivity contribution in [3.8, 4) is 0 Å². The number of halogens is 2. The summed E-state index contributed by atoms with van der Waals surface area (Å²) in [6.07, 6.45) is 0. The van der Waals surface area contributed by atoms with Gasteiger partial charge in [0.15, 0.2) is 0 Å². The summed E-state index contributed by atoms with van der Waals surface area (Å²) >= 11 is 13.5. The molecule has 3 aromatic rings. The van der Waals surface area contributed by atoms with Crippen LogP contribution >= 0.6 is 34.5 Å². The highest BCUT2D eigenvalue weighted by molar-refractivity contribution is 7.92. The van der Waals surface area contributed by atoms with E-state index in [2.05, 4.69) is 4.98 Å². The van der Waals surface area contributed by atoms with Crippen LogP contribution in [0, 0.1) is 6.92 Å². The summed E-state index contributed by atoms with van der Waals surface area (Å²) in [7, 11) is -4.17. The number of aryl methyl sites for hydroxylation is 1. The Morgan fingerprint density at radius 3 is 2.37 bits per heavy atom. The molecule has 0 N–H and O–H groups in total. The van der Waals surface area contributed by atoms with Crippen molar-refractivity contribution in [2.45, 2.75) is 38.2 Å². The molecule has 0 spiro atoms. The Labute approximate surface area is 189 Å². The second-order valence-electron chi connectivity index (χ2n) is 7.59. The Bertz CT molecular complexity index is 1200. The quantitative estimate of drug-likeness (QED) is 0.448. The van der Waals surface area contributed by atoms with Crippen molar-refractivity contribution in [2.24, 2.45) is 0 Å². The van der Waals surface area contributed by atoms with E-state index in [4.69, 9.17) is 27.9 Å². The summed E-state index contributed by atoms with van der Waals surface area (Å²) in [6, 6.07) is 9.05. The van der Waals surface area contributed by atoms with E-state index in [0.29, 0.717) is 5.52 Å². The number of nitrogens with zero attached hydrogens (tertiary/aromatic N) is 2. The predicted molar refractivity (Wildman–Crippen MR) is 121 cm³/mol. The summed E-state index contributed by atoms with van der Waals surface area (Å²) in [5, 5.41) is 1.19. The molecule has 0 amide bonds. The number of fused-ring (bicyclic) bond motifs is 1. The van der Waals surface area contributed by atoms with E-state index in [9.17, 15) is 13.2 Å². The first-order valence-corrected chi connectivity index (χ1v) is 11.9. The second kappa shape index (κ2) is 8.34. The lowest BCUT2D eigenvalue weighted by atomic mass is 10.2. The van der Waals surface area contributed by atoms with Gasteiger partial charge in [-0.05, 0) is 64.1 Å². The number of rotatable bonds is 5. The number of benzene rings is 2. The van der Waals surface area contributed by atoms with Gasteiger partial charge in [0, 0.05) is 10.0 Å². The third-order valence-corrected chi connectivity index (χ3v) is 7.02. The van der Waals surface area contributed by atoms with E-state index in [1.165, 1.54) is 29.5 Å². The minimum absolute atomic E-state index is 0.127. The minimum Gasteiger partial charge on any atom is -0.459 e. The van der Waals surface area contributed by atoms with E-state index in [0.717, 1.165) is 14.0 Å². The standard InChI is InChI=1S/C20H20Cl2N2O4S2/c1-12-23-17-10-15(5-6-18(17)29-12)24(11-19(25)28-20(2,3)4)30(26,27)16-8-13(21)7-14(22)9-16/h5-10H,11H2,1-4H3. The molecule has 0 saturated heterocycles.